The van der Waals surface area contributed by atoms with E-state index in [1.165, 1.54) is 20.2 Å². The molecule has 0 saturated heterocycles. The first-order chi connectivity index (χ1) is 24.8. The molecule has 4 nitrogen and oxygen atoms in total. The van der Waals surface area contributed by atoms with Crippen LogP contribution in [0, 0.1) is 0 Å². The third-order valence-corrected chi connectivity index (χ3v) is 10.5. The summed E-state index contributed by atoms with van der Waals surface area (Å²) in [4.78, 5) is 15.2. The van der Waals surface area contributed by atoms with Crippen molar-refractivity contribution < 1.29 is 4.42 Å². The lowest BCUT2D eigenvalue weighted by atomic mass is 9.95. The molecular weight excluding hydrogens is 631 g/mol. The Hall–Kier alpha value is -6.43. The van der Waals surface area contributed by atoms with E-state index in [-0.39, 0.29) is 0 Å². The number of rotatable bonds is 5. The van der Waals surface area contributed by atoms with Crippen molar-refractivity contribution in [2.24, 2.45) is 0 Å². The molecule has 0 bridgehead atoms. The monoisotopic (exact) mass is 657 g/mol. The van der Waals surface area contributed by atoms with Crippen molar-refractivity contribution in [3.63, 3.8) is 0 Å². The molecule has 0 fully saturated rings. The van der Waals surface area contributed by atoms with Crippen LogP contribution in [0.4, 0.5) is 0 Å². The van der Waals surface area contributed by atoms with Crippen LogP contribution in [0.15, 0.2) is 168 Å². The molecule has 50 heavy (non-hydrogen) atoms. The highest BCUT2D eigenvalue weighted by Crippen LogP contribution is 2.46. The smallest absolute Gasteiger partial charge is 0.164 e. The SMILES string of the molecule is c1ccc(-c2nc(-c3ccccc3)nc(-c3ccc(-c4ccccc4)c4oc5c(-c6cccc7sc8ccccc8c67)cccc5c34)n2)cc1. The Balaban J connectivity index is 1.29. The fourth-order valence-corrected chi connectivity index (χ4v) is 8.21. The number of para-hydroxylation sites is 1. The van der Waals surface area contributed by atoms with Crippen molar-refractivity contribution in [1.82, 2.24) is 15.0 Å². The van der Waals surface area contributed by atoms with Crippen LogP contribution in [0.2, 0.25) is 0 Å². The Bertz CT molecular complexity index is 2800. The van der Waals surface area contributed by atoms with Crippen LogP contribution in [0.3, 0.4) is 0 Å². The largest absolute Gasteiger partial charge is 0.455 e. The van der Waals surface area contributed by atoms with Crippen molar-refractivity contribution in [1.29, 1.82) is 0 Å². The van der Waals surface area contributed by atoms with Gasteiger partial charge in [-0.2, -0.15) is 0 Å². The van der Waals surface area contributed by atoms with Gasteiger partial charge in [-0.05, 0) is 35.4 Å². The molecule has 0 N–H and O–H groups in total. The van der Waals surface area contributed by atoms with Crippen LogP contribution < -0.4 is 0 Å². The highest BCUT2D eigenvalue weighted by Gasteiger charge is 2.23. The molecule has 10 aromatic rings. The van der Waals surface area contributed by atoms with Gasteiger partial charge in [-0.3, -0.25) is 0 Å². The molecule has 0 aliphatic carbocycles. The zero-order valence-electron chi connectivity index (χ0n) is 26.7. The molecule has 10 rings (SSSR count). The predicted octanol–water partition coefficient (Wildman–Crippen LogP) is 12.5. The Morgan fingerprint density at radius 1 is 0.340 bits per heavy atom. The number of nitrogens with zero attached hydrogens (tertiary/aromatic N) is 3. The third kappa shape index (κ3) is 4.63. The van der Waals surface area contributed by atoms with Crippen molar-refractivity contribution in [2.45, 2.75) is 0 Å². The first-order valence-electron chi connectivity index (χ1n) is 16.6. The van der Waals surface area contributed by atoms with Gasteiger partial charge >= 0.3 is 0 Å². The van der Waals surface area contributed by atoms with Gasteiger partial charge in [-0.1, -0.05) is 140 Å². The number of thiophene rings is 1. The van der Waals surface area contributed by atoms with Crippen molar-refractivity contribution in [3.8, 4) is 56.4 Å². The quantitative estimate of drug-likeness (QED) is 0.185. The number of fused-ring (bicyclic) bond motifs is 6. The fourth-order valence-electron chi connectivity index (χ4n) is 7.07. The predicted molar refractivity (Wildman–Crippen MR) is 207 cm³/mol. The summed E-state index contributed by atoms with van der Waals surface area (Å²) in [7, 11) is 0. The van der Waals surface area contributed by atoms with Gasteiger partial charge < -0.3 is 4.42 Å². The minimum atomic E-state index is 0.598. The molecule has 0 aliphatic rings. The molecule has 0 saturated carbocycles. The lowest BCUT2D eigenvalue weighted by molar-refractivity contribution is 0.671. The van der Waals surface area contributed by atoms with Crippen molar-refractivity contribution in [3.05, 3.63) is 164 Å². The molecule has 0 spiro atoms. The lowest BCUT2D eigenvalue weighted by Gasteiger charge is -2.10. The van der Waals surface area contributed by atoms with E-state index in [2.05, 4.69) is 97.1 Å². The maximum absolute atomic E-state index is 7.09. The van der Waals surface area contributed by atoms with Crippen molar-refractivity contribution >= 4 is 53.4 Å². The van der Waals surface area contributed by atoms with E-state index in [9.17, 15) is 0 Å². The number of aromatic nitrogens is 3. The molecule has 0 radical (unpaired) electrons. The van der Waals surface area contributed by atoms with Crippen LogP contribution in [0.5, 0.6) is 0 Å². The van der Waals surface area contributed by atoms with Gasteiger partial charge in [0.15, 0.2) is 17.5 Å². The minimum absolute atomic E-state index is 0.598. The highest BCUT2D eigenvalue weighted by atomic mass is 32.1. The summed E-state index contributed by atoms with van der Waals surface area (Å²) in [6.07, 6.45) is 0. The Kier molecular flexibility index (Phi) is 6.64. The second-order valence-corrected chi connectivity index (χ2v) is 13.4. The zero-order valence-corrected chi connectivity index (χ0v) is 27.6. The maximum Gasteiger partial charge on any atom is 0.164 e. The van der Waals surface area contributed by atoms with E-state index in [1.54, 1.807) is 0 Å². The number of benzene rings is 7. The first kappa shape index (κ1) is 28.6. The van der Waals surface area contributed by atoms with Crippen LogP contribution in [-0.2, 0) is 0 Å². The summed E-state index contributed by atoms with van der Waals surface area (Å²) in [6, 6.07) is 56.6. The Labute approximate surface area is 292 Å². The van der Waals surface area contributed by atoms with Crippen LogP contribution in [0.25, 0.3) is 98.5 Å². The Morgan fingerprint density at radius 2 is 0.880 bits per heavy atom. The molecule has 3 heterocycles. The summed E-state index contributed by atoms with van der Waals surface area (Å²) in [5.74, 6) is 1.85. The molecule has 0 unspecified atom stereocenters. The number of furan rings is 1. The van der Waals surface area contributed by atoms with Gasteiger partial charge in [-0.15, -0.1) is 11.3 Å². The van der Waals surface area contributed by atoms with Gasteiger partial charge in [0, 0.05) is 58.8 Å². The van der Waals surface area contributed by atoms with E-state index in [0.29, 0.717) is 17.5 Å². The summed E-state index contributed by atoms with van der Waals surface area (Å²) in [6.45, 7) is 0. The average Bonchev–Trinajstić information content (AvgIpc) is 3.78. The molecule has 0 aliphatic heterocycles. The van der Waals surface area contributed by atoms with E-state index in [4.69, 9.17) is 19.4 Å². The fraction of sp³-hybridized carbons (Fsp3) is 0. The summed E-state index contributed by atoms with van der Waals surface area (Å²) in [5, 5.41) is 4.51. The average molecular weight is 658 g/mol. The van der Waals surface area contributed by atoms with Crippen LogP contribution in [-0.4, -0.2) is 15.0 Å². The number of hydrogen-bond donors (Lipinski definition) is 0. The molecule has 3 aromatic heterocycles. The Morgan fingerprint density at radius 3 is 1.60 bits per heavy atom. The molecule has 7 aromatic carbocycles. The molecule has 5 heteroatoms. The highest BCUT2D eigenvalue weighted by molar-refractivity contribution is 7.25. The van der Waals surface area contributed by atoms with Gasteiger partial charge in [-0.25, -0.2) is 15.0 Å². The maximum atomic E-state index is 7.09. The van der Waals surface area contributed by atoms with Gasteiger partial charge in [0.2, 0.25) is 0 Å². The standard InChI is InChI=1S/C45H27N3OS/c1-4-14-28(15-5-1)31-26-27-36(45-47-43(29-16-6-2-7-17-29)46-44(48-45)30-18-8-3-9-19-30)40-35-23-12-22-33(41(35)49-42(31)40)32-21-13-25-38-39(32)34-20-10-11-24-37(34)50-38/h1-27H. The summed E-state index contributed by atoms with van der Waals surface area (Å²) < 4.78 is 9.62. The second kappa shape index (κ2) is 11.6. The normalized spacial score (nSPS) is 11.6. The first-order valence-corrected chi connectivity index (χ1v) is 17.4. The molecule has 234 valence electrons. The van der Waals surface area contributed by atoms with Gasteiger partial charge in [0.05, 0.1) is 0 Å². The summed E-state index contributed by atoms with van der Waals surface area (Å²) >= 11 is 1.83. The zero-order chi connectivity index (χ0) is 33.0. The third-order valence-electron chi connectivity index (χ3n) is 9.36. The molecular formula is C45H27N3OS. The van der Waals surface area contributed by atoms with E-state index in [0.717, 1.165) is 60.9 Å². The van der Waals surface area contributed by atoms with E-state index >= 15 is 0 Å². The topological polar surface area (TPSA) is 51.8 Å². The molecule has 0 atom stereocenters. The molecule has 0 amide bonds. The van der Waals surface area contributed by atoms with Crippen LogP contribution >= 0.6 is 11.3 Å². The van der Waals surface area contributed by atoms with Gasteiger partial charge in [0.1, 0.15) is 11.2 Å². The van der Waals surface area contributed by atoms with Gasteiger partial charge in [0.25, 0.3) is 0 Å². The van der Waals surface area contributed by atoms with Crippen molar-refractivity contribution in [2.75, 3.05) is 0 Å². The van der Waals surface area contributed by atoms with Crippen LogP contribution in [0.1, 0.15) is 0 Å². The van der Waals surface area contributed by atoms with E-state index < -0.39 is 0 Å². The minimum Gasteiger partial charge on any atom is -0.455 e. The van der Waals surface area contributed by atoms with E-state index in [1.807, 2.05) is 78.1 Å². The number of hydrogen-bond acceptors (Lipinski definition) is 5. The lowest BCUT2D eigenvalue weighted by Crippen LogP contribution is -2.00. The second-order valence-electron chi connectivity index (χ2n) is 12.3. The summed E-state index contributed by atoms with van der Waals surface area (Å²) in [5.41, 5.74) is 8.73.